The molecule has 0 aliphatic rings. The van der Waals surface area contributed by atoms with Gasteiger partial charge >= 0.3 is 18.1 Å². The SMILES string of the molecule is O=C(O)c1ccc2c(cnn2CCNC(=O)C(F)(F)F)c1. The Hall–Kier alpha value is -2.58. The van der Waals surface area contributed by atoms with E-state index in [0.717, 1.165) is 0 Å². The number of carboxylic acids is 1. The molecule has 1 amide bonds. The summed E-state index contributed by atoms with van der Waals surface area (Å²) in [5.41, 5.74) is 0.661. The third-order valence-electron chi connectivity index (χ3n) is 2.76. The minimum atomic E-state index is -4.91. The van der Waals surface area contributed by atoms with E-state index in [1.165, 1.54) is 29.1 Å². The van der Waals surface area contributed by atoms with Gasteiger partial charge < -0.3 is 10.4 Å². The van der Waals surface area contributed by atoms with Crippen LogP contribution < -0.4 is 5.32 Å². The van der Waals surface area contributed by atoms with Gasteiger partial charge in [0.15, 0.2) is 0 Å². The Labute approximate surface area is 116 Å². The second kappa shape index (κ2) is 5.43. The van der Waals surface area contributed by atoms with E-state index >= 15 is 0 Å². The van der Waals surface area contributed by atoms with Crippen molar-refractivity contribution in [2.75, 3.05) is 6.54 Å². The van der Waals surface area contributed by atoms with Gasteiger partial charge in [-0.1, -0.05) is 0 Å². The smallest absolute Gasteiger partial charge is 0.471 e. The first-order valence-corrected chi connectivity index (χ1v) is 5.83. The molecule has 0 unspecified atom stereocenters. The maximum atomic E-state index is 12.0. The molecule has 1 heterocycles. The van der Waals surface area contributed by atoms with Crippen LogP contribution in [0, 0.1) is 0 Å². The molecule has 0 aliphatic heterocycles. The fourth-order valence-electron chi connectivity index (χ4n) is 1.77. The van der Waals surface area contributed by atoms with Crippen LogP contribution in [0.3, 0.4) is 0 Å². The summed E-state index contributed by atoms with van der Waals surface area (Å²) in [5, 5.41) is 15.1. The van der Waals surface area contributed by atoms with E-state index in [1.807, 2.05) is 0 Å². The third-order valence-corrected chi connectivity index (χ3v) is 2.76. The normalized spacial score (nSPS) is 11.6. The number of aromatic nitrogens is 2. The first kappa shape index (κ1) is 14.8. The zero-order valence-corrected chi connectivity index (χ0v) is 10.5. The second-order valence-electron chi connectivity index (χ2n) is 4.20. The van der Waals surface area contributed by atoms with Crippen molar-refractivity contribution in [3.63, 3.8) is 0 Å². The topological polar surface area (TPSA) is 84.2 Å². The lowest BCUT2D eigenvalue weighted by molar-refractivity contribution is -0.173. The third kappa shape index (κ3) is 3.30. The Morgan fingerprint density at radius 2 is 2.05 bits per heavy atom. The molecule has 21 heavy (non-hydrogen) atoms. The number of amides is 1. The van der Waals surface area contributed by atoms with Crippen molar-refractivity contribution in [1.82, 2.24) is 15.1 Å². The summed E-state index contributed by atoms with van der Waals surface area (Å²) in [4.78, 5) is 21.5. The average molecular weight is 301 g/mol. The number of nitrogens with one attached hydrogen (secondary N) is 1. The summed E-state index contributed by atoms with van der Waals surface area (Å²) < 4.78 is 37.4. The molecular formula is C12H10F3N3O3. The Balaban J connectivity index is 2.07. The summed E-state index contributed by atoms with van der Waals surface area (Å²) in [6.07, 6.45) is -3.50. The van der Waals surface area contributed by atoms with Crippen LogP contribution in [-0.2, 0) is 11.3 Å². The fraction of sp³-hybridized carbons (Fsp3) is 0.250. The fourth-order valence-corrected chi connectivity index (χ4v) is 1.77. The Morgan fingerprint density at radius 3 is 2.67 bits per heavy atom. The van der Waals surface area contributed by atoms with Gasteiger partial charge in [0.25, 0.3) is 0 Å². The molecule has 0 saturated heterocycles. The van der Waals surface area contributed by atoms with Crippen molar-refractivity contribution in [1.29, 1.82) is 0 Å². The number of carbonyl (C=O) groups is 2. The first-order chi connectivity index (χ1) is 9.79. The van der Waals surface area contributed by atoms with Gasteiger partial charge in [-0.25, -0.2) is 4.79 Å². The molecule has 0 aliphatic carbocycles. The highest BCUT2D eigenvalue weighted by Gasteiger charge is 2.38. The molecular weight excluding hydrogens is 291 g/mol. The van der Waals surface area contributed by atoms with Crippen molar-refractivity contribution in [3.05, 3.63) is 30.0 Å². The van der Waals surface area contributed by atoms with Crippen molar-refractivity contribution in [2.45, 2.75) is 12.7 Å². The lowest BCUT2D eigenvalue weighted by Crippen LogP contribution is -2.38. The highest BCUT2D eigenvalue weighted by Crippen LogP contribution is 2.16. The number of alkyl halides is 3. The van der Waals surface area contributed by atoms with Crippen molar-refractivity contribution in [2.24, 2.45) is 0 Å². The molecule has 1 aromatic carbocycles. The van der Waals surface area contributed by atoms with E-state index in [0.29, 0.717) is 10.9 Å². The summed E-state index contributed by atoms with van der Waals surface area (Å²) in [5.74, 6) is -3.09. The lowest BCUT2D eigenvalue weighted by atomic mass is 10.1. The highest BCUT2D eigenvalue weighted by molar-refractivity contribution is 5.93. The number of nitrogens with zero attached hydrogens (tertiary/aromatic N) is 2. The van der Waals surface area contributed by atoms with Gasteiger partial charge in [-0.2, -0.15) is 18.3 Å². The number of benzene rings is 1. The van der Waals surface area contributed by atoms with E-state index in [2.05, 4.69) is 5.10 Å². The number of halogens is 3. The van der Waals surface area contributed by atoms with Crippen LogP contribution in [0.4, 0.5) is 13.2 Å². The molecule has 0 radical (unpaired) electrons. The summed E-state index contributed by atoms with van der Waals surface area (Å²) in [7, 11) is 0. The van der Waals surface area contributed by atoms with Gasteiger partial charge in [0.05, 0.1) is 23.8 Å². The number of carboxylic acid groups (broad SMARTS) is 1. The molecule has 2 aromatic rings. The van der Waals surface area contributed by atoms with Crippen molar-refractivity contribution in [3.8, 4) is 0 Å². The summed E-state index contributed by atoms with van der Waals surface area (Å²) >= 11 is 0. The van der Waals surface area contributed by atoms with Crippen LogP contribution in [0.1, 0.15) is 10.4 Å². The van der Waals surface area contributed by atoms with Gasteiger partial charge in [0.1, 0.15) is 0 Å². The predicted octanol–water partition coefficient (Wildman–Crippen LogP) is 1.41. The average Bonchev–Trinajstić information content (AvgIpc) is 2.80. The molecule has 0 bridgehead atoms. The quantitative estimate of drug-likeness (QED) is 0.894. The minimum absolute atomic E-state index is 0.0394. The second-order valence-corrected chi connectivity index (χ2v) is 4.20. The largest absolute Gasteiger partial charge is 0.478 e. The number of hydrogen-bond donors (Lipinski definition) is 2. The van der Waals surface area contributed by atoms with Crippen molar-refractivity contribution >= 4 is 22.8 Å². The van der Waals surface area contributed by atoms with Gasteiger partial charge in [-0.05, 0) is 18.2 Å². The molecule has 0 spiro atoms. The molecule has 0 saturated carbocycles. The molecule has 1 aromatic heterocycles. The molecule has 6 nitrogen and oxygen atoms in total. The van der Waals surface area contributed by atoms with Crippen LogP contribution >= 0.6 is 0 Å². The minimum Gasteiger partial charge on any atom is -0.478 e. The lowest BCUT2D eigenvalue weighted by Gasteiger charge is -2.08. The summed E-state index contributed by atoms with van der Waals surface area (Å²) in [6.45, 7) is -0.201. The molecule has 112 valence electrons. The Morgan fingerprint density at radius 1 is 1.33 bits per heavy atom. The van der Waals surface area contributed by atoms with Crippen LogP contribution in [-0.4, -0.2) is 39.5 Å². The molecule has 0 atom stereocenters. The molecule has 9 heteroatoms. The van der Waals surface area contributed by atoms with Gasteiger partial charge in [0.2, 0.25) is 0 Å². The van der Waals surface area contributed by atoms with Gasteiger partial charge in [-0.15, -0.1) is 0 Å². The number of fused-ring (bicyclic) bond motifs is 1. The van der Waals surface area contributed by atoms with Crippen LogP contribution in [0.25, 0.3) is 10.9 Å². The van der Waals surface area contributed by atoms with Crippen LogP contribution in [0.2, 0.25) is 0 Å². The molecule has 2 N–H and O–H groups in total. The zero-order chi connectivity index (χ0) is 15.6. The standard InChI is InChI=1S/C12H10F3N3O3/c13-12(14,15)11(21)16-3-4-18-9-2-1-7(10(19)20)5-8(9)6-17-18/h1-2,5-6H,3-4H2,(H,16,21)(H,19,20). The number of carbonyl (C=O) groups excluding carboxylic acids is 1. The maximum Gasteiger partial charge on any atom is 0.471 e. The number of hydrogen-bond acceptors (Lipinski definition) is 3. The molecule has 2 rings (SSSR count). The van der Waals surface area contributed by atoms with E-state index in [4.69, 9.17) is 5.11 Å². The van der Waals surface area contributed by atoms with Crippen molar-refractivity contribution < 1.29 is 27.9 Å². The zero-order valence-electron chi connectivity index (χ0n) is 10.5. The van der Waals surface area contributed by atoms with Gasteiger partial charge in [-0.3, -0.25) is 9.48 Å². The predicted molar refractivity (Wildman–Crippen MR) is 65.8 cm³/mol. The monoisotopic (exact) mass is 301 g/mol. The van der Waals surface area contributed by atoms with E-state index in [1.54, 1.807) is 5.32 Å². The Bertz CT molecular complexity index is 694. The van der Waals surface area contributed by atoms with Gasteiger partial charge in [0, 0.05) is 11.9 Å². The van der Waals surface area contributed by atoms with Crippen LogP contribution in [0.15, 0.2) is 24.4 Å². The first-order valence-electron chi connectivity index (χ1n) is 5.83. The highest BCUT2D eigenvalue weighted by atomic mass is 19.4. The maximum absolute atomic E-state index is 12.0. The summed E-state index contributed by atoms with van der Waals surface area (Å²) in [6, 6.07) is 4.30. The van der Waals surface area contributed by atoms with E-state index < -0.39 is 18.1 Å². The number of aromatic carboxylic acids is 1. The Kier molecular flexibility index (Phi) is 3.83. The number of rotatable bonds is 4. The van der Waals surface area contributed by atoms with E-state index in [-0.39, 0.29) is 18.7 Å². The van der Waals surface area contributed by atoms with Crippen LogP contribution in [0.5, 0.6) is 0 Å². The van der Waals surface area contributed by atoms with E-state index in [9.17, 15) is 22.8 Å². The molecule has 0 fully saturated rings.